The molecule has 0 radical (unpaired) electrons. The molecule has 3 N–H and O–H groups in total. The Kier molecular flexibility index (Phi) is 40.8. The van der Waals surface area contributed by atoms with E-state index >= 15 is 0 Å². The Bertz CT molecular complexity index is 999. The quantitative estimate of drug-likeness (QED) is 0.0328. The molecule has 0 aromatic heterocycles. The monoisotopic (exact) mass is 770 g/mol. The summed E-state index contributed by atoms with van der Waals surface area (Å²) in [6.45, 7) is 6.30. The Hall–Kier alpha value is -2.44. The van der Waals surface area contributed by atoms with E-state index in [0.717, 1.165) is 83.5 Å². The Morgan fingerprint density at radius 1 is 0.545 bits per heavy atom. The number of hydrogen-bond acceptors (Lipinski definition) is 5. The van der Waals surface area contributed by atoms with Crippen molar-refractivity contribution in [1.82, 2.24) is 5.32 Å². The van der Waals surface area contributed by atoms with Gasteiger partial charge in [0.25, 0.3) is 0 Å². The van der Waals surface area contributed by atoms with Gasteiger partial charge in [0.15, 0.2) is 0 Å². The summed E-state index contributed by atoms with van der Waals surface area (Å²) in [5, 5.41) is 23.6. The third-order valence-electron chi connectivity index (χ3n) is 10.1. The van der Waals surface area contributed by atoms with Gasteiger partial charge in [0.1, 0.15) is 6.10 Å². The molecule has 0 aromatic rings. The third kappa shape index (κ3) is 38.2. The van der Waals surface area contributed by atoms with Gasteiger partial charge in [-0.15, -0.1) is 0 Å². The lowest BCUT2D eigenvalue weighted by molar-refractivity contribution is -0.151. The number of nitrogens with one attached hydrogen (secondary N) is 1. The van der Waals surface area contributed by atoms with Crippen LogP contribution in [0.3, 0.4) is 0 Å². The first-order valence-corrected chi connectivity index (χ1v) is 23.0. The summed E-state index contributed by atoms with van der Waals surface area (Å²) in [6, 6.07) is -0.719. The number of esters is 1. The van der Waals surface area contributed by atoms with Crippen molar-refractivity contribution in [2.24, 2.45) is 0 Å². The van der Waals surface area contributed by atoms with Crippen molar-refractivity contribution in [3.63, 3.8) is 0 Å². The second-order valence-electron chi connectivity index (χ2n) is 15.4. The number of aliphatic hydroxyl groups is 2. The van der Waals surface area contributed by atoms with Crippen LogP contribution in [-0.2, 0) is 14.3 Å². The van der Waals surface area contributed by atoms with Gasteiger partial charge >= 0.3 is 5.97 Å². The van der Waals surface area contributed by atoms with Crippen LogP contribution in [-0.4, -0.2) is 46.9 Å². The van der Waals surface area contributed by atoms with Gasteiger partial charge in [-0.2, -0.15) is 0 Å². The number of rotatable bonds is 40. The predicted molar refractivity (Wildman–Crippen MR) is 236 cm³/mol. The molecule has 0 saturated heterocycles. The van der Waals surface area contributed by atoms with Crippen LogP contribution in [0, 0.1) is 0 Å². The lowest BCUT2D eigenvalue weighted by atomic mass is 10.0. The van der Waals surface area contributed by atoms with E-state index in [1.165, 1.54) is 83.5 Å². The van der Waals surface area contributed by atoms with Crippen LogP contribution in [0.4, 0.5) is 0 Å². The molecule has 0 aliphatic heterocycles. The van der Waals surface area contributed by atoms with Gasteiger partial charge < -0.3 is 20.3 Å². The Morgan fingerprint density at radius 3 is 1.58 bits per heavy atom. The molecule has 3 unspecified atom stereocenters. The zero-order chi connectivity index (χ0) is 40.3. The lowest BCUT2D eigenvalue weighted by Gasteiger charge is -2.24. The second-order valence-corrected chi connectivity index (χ2v) is 15.4. The molecule has 0 heterocycles. The molecular formula is C49H87NO5. The van der Waals surface area contributed by atoms with E-state index in [1.807, 2.05) is 0 Å². The Labute approximate surface area is 339 Å². The largest absolute Gasteiger partial charge is 0.462 e. The zero-order valence-corrected chi connectivity index (χ0v) is 36.0. The molecule has 6 nitrogen and oxygen atoms in total. The fourth-order valence-electron chi connectivity index (χ4n) is 6.60. The number of ether oxygens (including phenoxy) is 1. The number of allylic oxidation sites excluding steroid dienone is 10. The minimum absolute atomic E-state index is 0.0351. The minimum atomic E-state index is -0.802. The molecule has 318 valence electrons. The second kappa shape index (κ2) is 42.7. The van der Waals surface area contributed by atoms with E-state index in [9.17, 15) is 19.8 Å². The summed E-state index contributed by atoms with van der Waals surface area (Å²) in [6.07, 6.45) is 51.4. The molecule has 0 spiro atoms. The molecular weight excluding hydrogens is 683 g/mol. The normalized spacial score (nSPS) is 13.9. The number of carbonyl (C=O) groups excluding carboxylic acids is 2. The van der Waals surface area contributed by atoms with Gasteiger partial charge in [0.05, 0.1) is 25.2 Å². The number of unbranched alkanes of at least 4 members (excludes halogenated alkanes) is 18. The first-order valence-electron chi connectivity index (χ1n) is 23.0. The molecule has 0 aliphatic carbocycles. The van der Waals surface area contributed by atoms with Crippen LogP contribution >= 0.6 is 0 Å². The molecule has 0 aliphatic rings. The molecule has 0 saturated carbocycles. The maximum absolute atomic E-state index is 13.1. The first-order chi connectivity index (χ1) is 27.0. The fourth-order valence-corrected chi connectivity index (χ4v) is 6.60. The molecule has 55 heavy (non-hydrogen) atoms. The summed E-state index contributed by atoms with van der Waals surface area (Å²) < 4.78 is 5.87. The lowest BCUT2D eigenvalue weighted by Crippen LogP contribution is -2.46. The van der Waals surface area contributed by atoms with Crippen molar-refractivity contribution in [3.8, 4) is 0 Å². The van der Waals surface area contributed by atoms with Crippen molar-refractivity contribution < 1.29 is 24.5 Å². The maximum Gasteiger partial charge on any atom is 0.306 e. The standard InChI is InChI=1S/C49H87NO5/c1-4-7-10-13-16-19-22-24-25-26-28-31-34-37-40-45(55-49(54)42-39-36-33-30-27-23-20-17-14-11-8-5-2)43-48(53)50-46(44-51)47(52)41-38-35-32-29-21-18-15-12-9-6-3/h7,10,16-17,19-20,24-25,28,31,45-47,51-52H,4-6,8-9,11-15,18,21-23,26-27,29-30,32-44H2,1-3H3,(H,50,53)/b10-7+,19-16+,20-17-,25-24+,31-28+. The number of carbonyl (C=O) groups is 2. The average molecular weight is 770 g/mol. The Balaban J connectivity index is 4.73. The number of amides is 1. The first kappa shape index (κ1) is 52.6. The predicted octanol–water partition coefficient (Wildman–Crippen LogP) is 13.3. The summed E-state index contributed by atoms with van der Waals surface area (Å²) in [4.78, 5) is 26.0. The van der Waals surface area contributed by atoms with Crippen molar-refractivity contribution in [2.45, 2.75) is 232 Å². The maximum atomic E-state index is 13.1. The van der Waals surface area contributed by atoms with E-state index in [0.29, 0.717) is 19.3 Å². The summed E-state index contributed by atoms with van der Waals surface area (Å²) >= 11 is 0. The molecule has 0 bridgehead atoms. The molecule has 0 fully saturated rings. The summed E-state index contributed by atoms with van der Waals surface area (Å²) in [5.41, 5.74) is 0. The van der Waals surface area contributed by atoms with Gasteiger partial charge in [0.2, 0.25) is 5.91 Å². The highest BCUT2D eigenvalue weighted by molar-refractivity contribution is 5.77. The third-order valence-corrected chi connectivity index (χ3v) is 10.1. The molecule has 1 amide bonds. The van der Waals surface area contributed by atoms with Gasteiger partial charge in [-0.3, -0.25) is 9.59 Å². The van der Waals surface area contributed by atoms with E-state index in [4.69, 9.17) is 4.74 Å². The van der Waals surface area contributed by atoms with E-state index in [1.54, 1.807) is 0 Å². The van der Waals surface area contributed by atoms with Crippen LogP contribution in [0.5, 0.6) is 0 Å². The van der Waals surface area contributed by atoms with Crippen LogP contribution in [0.15, 0.2) is 60.8 Å². The highest BCUT2D eigenvalue weighted by Gasteiger charge is 2.24. The summed E-state index contributed by atoms with van der Waals surface area (Å²) in [7, 11) is 0. The minimum Gasteiger partial charge on any atom is -0.462 e. The molecule has 3 atom stereocenters. The molecule has 0 aromatic carbocycles. The van der Waals surface area contributed by atoms with Gasteiger partial charge in [-0.1, -0.05) is 178 Å². The number of aliphatic hydroxyl groups excluding tert-OH is 2. The topological polar surface area (TPSA) is 95.9 Å². The fraction of sp³-hybridized carbons (Fsp3) is 0.755. The van der Waals surface area contributed by atoms with E-state index in [2.05, 4.69) is 86.8 Å². The van der Waals surface area contributed by atoms with Crippen LogP contribution in [0.2, 0.25) is 0 Å². The smallest absolute Gasteiger partial charge is 0.306 e. The van der Waals surface area contributed by atoms with Gasteiger partial charge in [-0.05, 0) is 83.5 Å². The molecule has 0 rings (SSSR count). The zero-order valence-electron chi connectivity index (χ0n) is 36.0. The van der Waals surface area contributed by atoms with Crippen molar-refractivity contribution in [1.29, 1.82) is 0 Å². The van der Waals surface area contributed by atoms with Crippen LogP contribution < -0.4 is 5.32 Å². The van der Waals surface area contributed by atoms with Crippen LogP contribution in [0.1, 0.15) is 213 Å². The average Bonchev–Trinajstić information content (AvgIpc) is 3.18. The van der Waals surface area contributed by atoms with Gasteiger partial charge in [-0.25, -0.2) is 0 Å². The highest BCUT2D eigenvalue weighted by atomic mass is 16.5. The van der Waals surface area contributed by atoms with Gasteiger partial charge in [0, 0.05) is 6.42 Å². The van der Waals surface area contributed by atoms with Crippen molar-refractivity contribution in [2.75, 3.05) is 6.61 Å². The Morgan fingerprint density at radius 2 is 1.00 bits per heavy atom. The van der Waals surface area contributed by atoms with Crippen LogP contribution in [0.25, 0.3) is 0 Å². The highest BCUT2D eigenvalue weighted by Crippen LogP contribution is 2.16. The van der Waals surface area contributed by atoms with Crippen molar-refractivity contribution >= 4 is 11.9 Å². The SMILES string of the molecule is CC/C=C/C/C=C/C/C=C/C/C=C/CCCC(CC(=O)NC(CO)C(O)CCCCCCCCCCCC)OC(=O)CCCCCCC/C=C\CCCCC. The van der Waals surface area contributed by atoms with Crippen molar-refractivity contribution in [3.05, 3.63) is 60.8 Å². The molecule has 6 heteroatoms. The van der Waals surface area contributed by atoms with E-state index < -0.39 is 18.2 Å². The van der Waals surface area contributed by atoms with E-state index in [-0.39, 0.29) is 24.9 Å². The summed E-state index contributed by atoms with van der Waals surface area (Å²) in [5.74, 6) is -0.543. The number of hydrogen-bond donors (Lipinski definition) is 3.